The summed E-state index contributed by atoms with van der Waals surface area (Å²) >= 11 is 0. The van der Waals surface area contributed by atoms with Crippen LogP contribution >= 0.6 is 0 Å². The summed E-state index contributed by atoms with van der Waals surface area (Å²) in [5.41, 5.74) is 4.43. The standard InChI is InChI=1S/C48H60BN3O7/c1-30(2)22-37(46(54)52-43(26-31-16-11-9-12-17-31)49-58-42-29-35-28-41(47(35,3)4)48(42,5)59-49)51-45(53)38(23-32-24-39(55-6)44(57-8)40(25-32)56-7)50-36-21-15-20-34(27-36)33-18-13-10-14-19-33/h9-21,24-25,27,30,35,37-38,41-43,50H,22-23,26,28-29H2,1-8H3,(H,51,53)(H,52,54)/t35-,37+,38-,41-,42+,43-,48-/m0/s1. The third-order valence-electron chi connectivity index (χ3n) is 13.1. The molecule has 4 aliphatic rings. The van der Waals surface area contributed by atoms with E-state index in [9.17, 15) is 9.59 Å². The highest BCUT2D eigenvalue weighted by molar-refractivity contribution is 6.48. The van der Waals surface area contributed by atoms with Crippen molar-refractivity contribution < 1.29 is 33.1 Å². The van der Waals surface area contributed by atoms with Crippen molar-refractivity contribution in [2.45, 2.75) is 96.5 Å². The molecule has 0 unspecified atom stereocenters. The fraction of sp³-hybridized carbons (Fsp3) is 0.458. The van der Waals surface area contributed by atoms with E-state index >= 15 is 0 Å². The summed E-state index contributed by atoms with van der Waals surface area (Å²) < 4.78 is 30.6. The average Bonchev–Trinajstić information content (AvgIpc) is 3.60. The number of hydrogen-bond donors (Lipinski definition) is 3. The Morgan fingerprint density at radius 2 is 1.39 bits per heavy atom. The number of benzene rings is 4. The molecule has 10 nitrogen and oxygen atoms in total. The van der Waals surface area contributed by atoms with Crippen LogP contribution in [0.15, 0.2) is 97.1 Å². The number of carbonyl (C=O) groups is 2. The number of carbonyl (C=O) groups excluding carboxylic acids is 2. The van der Waals surface area contributed by atoms with E-state index in [1.165, 1.54) is 0 Å². The van der Waals surface area contributed by atoms with E-state index in [2.05, 4.69) is 74.8 Å². The van der Waals surface area contributed by atoms with E-state index in [-0.39, 0.29) is 35.7 Å². The quantitative estimate of drug-likeness (QED) is 0.0923. The van der Waals surface area contributed by atoms with Crippen LogP contribution in [0.5, 0.6) is 17.2 Å². The minimum Gasteiger partial charge on any atom is -0.493 e. The Bertz CT molecular complexity index is 2060. The van der Waals surface area contributed by atoms with Crippen molar-refractivity contribution in [3.8, 4) is 28.4 Å². The number of methoxy groups -OCH3 is 3. The molecule has 1 aliphatic heterocycles. The zero-order chi connectivity index (χ0) is 41.9. The van der Waals surface area contributed by atoms with E-state index in [4.69, 9.17) is 23.5 Å². The van der Waals surface area contributed by atoms with Gasteiger partial charge in [0, 0.05) is 12.1 Å². The first-order valence-electron chi connectivity index (χ1n) is 21.0. The highest BCUT2D eigenvalue weighted by Gasteiger charge is 2.68. The van der Waals surface area contributed by atoms with Gasteiger partial charge in [0.25, 0.3) is 0 Å². The molecule has 7 atom stereocenters. The van der Waals surface area contributed by atoms with Gasteiger partial charge in [-0.25, -0.2) is 0 Å². The Balaban J connectivity index is 1.16. The van der Waals surface area contributed by atoms with Gasteiger partial charge in [0.2, 0.25) is 17.6 Å². The zero-order valence-electron chi connectivity index (χ0n) is 35.7. The lowest BCUT2D eigenvalue weighted by atomic mass is 9.43. The van der Waals surface area contributed by atoms with Crippen molar-refractivity contribution in [1.82, 2.24) is 10.6 Å². The summed E-state index contributed by atoms with van der Waals surface area (Å²) in [7, 11) is 4.06. The molecule has 2 amide bonds. The van der Waals surface area contributed by atoms with E-state index in [0.717, 1.165) is 40.8 Å². The van der Waals surface area contributed by atoms with E-state index < -0.39 is 30.7 Å². The first-order valence-corrected chi connectivity index (χ1v) is 21.0. The third kappa shape index (κ3) is 8.97. The second kappa shape index (κ2) is 17.7. The van der Waals surface area contributed by atoms with Crippen LogP contribution in [0.4, 0.5) is 5.69 Å². The minimum atomic E-state index is -0.827. The second-order valence-electron chi connectivity index (χ2n) is 17.7. The molecule has 312 valence electrons. The molecule has 0 aromatic heterocycles. The van der Waals surface area contributed by atoms with Gasteiger partial charge >= 0.3 is 7.12 Å². The van der Waals surface area contributed by atoms with Crippen LogP contribution in [0, 0.1) is 23.2 Å². The maximum absolute atomic E-state index is 14.7. The van der Waals surface area contributed by atoms with Crippen molar-refractivity contribution in [1.29, 1.82) is 0 Å². The van der Waals surface area contributed by atoms with Gasteiger partial charge in [0.05, 0.1) is 39.0 Å². The number of nitrogens with one attached hydrogen (secondary N) is 3. The molecule has 4 aromatic rings. The Morgan fingerprint density at radius 1 is 0.746 bits per heavy atom. The molecule has 59 heavy (non-hydrogen) atoms. The number of rotatable bonds is 17. The largest absolute Gasteiger partial charge is 0.493 e. The van der Waals surface area contributed by atoms with Gasteiger partial charge < -0.3 is 39.5 Å². The maximum atomic E-state index is 14.7. The molecular formula is C48H60BN3O7. The number of anilines is 1. The molecule has 11 heteroatoms. The SMILES string of the molecule is COc1cc(C[C@H](Nc2cccc(-c3ccccc3)c2)C(=O)N[C@H](CC(C)C)C(=O)N[C@@H](Cc2ccccc2)B2O[C@@H]3C[C@@H]4C[C@@H](C4(C)C)[C@]3(C)O2)cc(OC)c1OC. The molecule has 0 spiro atoms. The second-order valence-corrected chi connectivity index (χ2v) is 17.7. The van der Waals surface area contributed by atoms with Crippen molar-refractivity contribution in [2.24, 2.45) is 23.2 Å². The zero-order valence-corrected chi connectivity index (χ0v) is 35.7. The fourth-order valence-corrected chi connectivity index (χ4v) is 9.73. The van der Waals surface area contributed by atoms with Crippen LogP contribution in [0.3, 0.4) is 0 Å². The molecule has 3 aliphatic carbocycles. The highest BCUT2D eigenvalue weighted by Crippen LogP contribution is 2.65. The monoisotopic (exact) mass is 801 g/mol. The van der Waals surface area contributed by atoms with Gasteiger partial charge in [-0.2, -0.15) is 0 Å². The molecule has 0 radical (unpaired) electrons. The Kier molecular flexibility index (Phi) is 12.6. The number of amides is 2. The topological polar surface area (TPSA) is 116 Å². The molecule has 8 rings (SSSR count). The van der Waals surface area contributed by atoms with Crippen LogP contribution < -0.4 is 30.2 Å². The lowest BCUT2D eigenvalue weighted by Crippen LogP contribution is -2.65. The van der Waals surface area contributed by atoms with Gasteiger partial charge in [-0.1, -0.05) is 100 Å². The summed E-state index contributed by atoms with van der Waals surface area (Å²) in [6, 6.07) is 30.3. The smallest absolute Gasteiger partial charge is 0.482 e. The molecule has 3 N–H and O–H groups in total. The molecule has 1 saturated heterocycles. The predicted octanol–water partition coefficient (Wildman–Crippen LogP) is 7.93. The van der Waals surface area contributed by atoms with Crippen molar-refractivity contribution in [3.63, 3.8) is 0 Å². The summed E-state index contributed by atoms with van der Waals surface area (Å²) in [5, 5.41) is 10.0. The fourth-order valence-electron chi connectivity index (χ4n) is 9.73. The molecule has 3 saturated carbocycles. The lowest BCUT2D eigenvalue weighted by molar-refractivity contribution is -0.199. The van der Waals surface area contributed by atoms with Crippen LogP contribution in [0.1, 0.15) is 65.0 Å². The third-order valence-corrected chi connectivity index (χ3v) is 13.1. The van der Waals surface area contributed by atoms with E-state index in [1.807, 2.05) is 72.8 Å². The van der Waals surface area contributed by atoms with Gasteiger partial charge in [-0.3, -0.25) is 9.59 Å². The Hall–Kier alpha value is -5.00. The highest BCUT2D eigenvalue weighted by atomic mass is 16.7. The van der Waals surface area contributed by atoms with E-state index in [1.54, 1.807) is 21.3 Å². The predicted molar refractivity (Wildman–Crippen MR) is 233 cm³/mol. The normalized spacial score (nSPS) is 22.9. The molecule has 4 aromatic carbocycles. The first kappa shape index (κ1) is 42.1. The van der Waals surface area contributed by atoms with Gasteiger partial charge in [0.15, 0.2) is 11.5 Å². The van der Waals surface area contributed by atoms with Crippen LogP contribution in [0.2, 0.25) is 0 Å². The first-order chi connectivity index (χ1) is 28.3. The van der Waals surface area contributed by atoms with Crippen molar-refractivity contribution >= 4 is 24.6 Å². The summed E-state index contributed by atoms with van der Waals surface area (Å²) in [6.45, 7) is 11.0. The van der Waals surface area contributed by atoms with Crippen LogP contribution in [0.25, 0.3) is 11.1 Å². The Labute approximate surface area is 350 Å². The number of ether oxygens (including phenoxy) is 3. The number of hydrogen-bond acceptors (Lipinski definition) is 8. The molecule has 4 fully saturated rings. The Morgan fingerprint density at radius 3 is 2.02 bits per heavy atom. The maximum Gasteiger partial charge on any atom is 0.482 e. The van der Waals surface area contributed by atoms with Crippen LogP contribution in [-0.2, 0) is 31.7 Å². The minimum absolute atomic E-state index is 0.0342. The van der Waals surface area contributed by atoms with E-state index in [0.29, 0.717) is 41.9 Å². The molecule has 2 bridgehead atoms. The van der Waals surface area contributed by atoms with Gasteiger partial charge in [-0.05, 0) is 102 Å². The summed E-state index contributed by atoms with van der Waals surface area (Å²) in [5.74, 6) is 1.45. The van der Waals surface area contributed by atoms with Crippen molar-refractivity contribution in [3.05, 3.63) is 108 Å². The van der Waals surface area contributed by atoms with Crippen molar-refractivity contribution in [2.75, 3.05) is 26.6 Å². The average molecular weight is 802 g/mol. The summed E-state index contributed by atoms with van der Waals surface area (Å²) in [6.07, 6.45) is 3.25. The van der Waals surface area contributed by atoms with Crippen LogP contribution in [-0.4, -0.2) is 70.0 Å². The molecular weight excluding hydrogens is 741 g/mol. The lowest BCUT2D eigenvalue weighted by Gasteiger charge is -2.64. The van der Waals surface area contributed by atoms with Gasteiger partial charge in [-0.15, -0.1) is 0 Å². The summed E-state index contributed by atoms with van der Waals surface area (Å²) in [4.78, 5) is 29.3. The molecule has 1 heterocycles. The van der Waals surface area contributed by atoms with Gasteiger partial charge in [0.1, 0.15) is 12.1 Å².